The van der Waals surface area contributed by atoms with Crippen molar-refractivity contribution in [1.82, 2.24) is 10.2 Å². The zero-order valence-corrected chi connectivity index (χ0v) is 14.6. The van der Waals surface area contributed by atoms with Crippen LogP contribution in [0, 0.1) is 13.8 Å². The second-order valence-corrected chi connectivity index (χ2v) is 6.52. The van der Waals surface area contributed by atoms with Crippen LogP contribution >= 0.6 is 24.2 Å². The largest absolute Gasteiger partial charge is 0.342 e. The molecule has 3 nitrogen and oxygen atoms in total. The van der Waals surface area contributed by atoms with Crippen molar-refractivity contribution in [1.29, 1.82) is 0 Å². The minimum absolute atomic E-state index is 0. The normalized spacial score (nSPS) is 15.7. The van der Waals surface area contributed by atoms with Gasteiger partial charge in [-0.05, 0) is 45.4 Å². The van der Waals surface area contributed by atoms with Gasteiger partial charge in [-0.25, -0.2) is 0 Å². The van der Waals surface area contributed by atoms with Gasteiger partial charge in [-0.2, -0.15) is 0 Å². The van der Waals surface area contributed by atoms with Crippen LogP contribution in [0.4, 0.5) is 0 Å². The fourth-order valence-corrected chi connectivity index (χ4v) is 3.54. The first-order valence-corrected chi connectivity index (χ1v) is 8.24. The molecule has 1 amide bonds. The Morgan fingerprint density at radius 2 is 2.00 bits per heavy atom. The van der Waals surface area contributed by atoms with Gasteiger partial charge in [0.2, 0.25) is 5.91 Å². The number of hydrogen-bond acceptors (Lipinski definition) is 3. The van der Waals surface area contributed by atoms with E-state index in [4.69, 9.17) is 0 Å². The number of likely N-dealkylation sites (tertiary alicyclic amines) is 1. The predicted octanol–water partition coefficient (Wildman–Crippen LogP) is 3.03. The van der Waals surface area contributed by atoms with Crippen molar-refractivity contribution < 1.29 is 4.79 Å². The van der Waals surface area contributed by atoms with Gasteiger partial charge in [0.1, 0.15) is 0 Å². The average Bonchev–Trinajstić information content (AvgIpc) is 2.48. The summed E-state index contributed by atoms with van der Waals surface area (Å²) in [5.41, 5.74) is 2.50. The summed E-state index contributed by atoms with van der Waals surface area (Å²) >= 11 is 1.66. The third kappa shape index (κ3) is 5.20. The van der Waals surface area contributed by atoms with E-state index < -0.39 is 0 Å². The van der Waals surface area contributed by atoms with Crippen molar-refractivity contribution in [3.8, 4) is 0 Å². The molecule has 1 aromatic rings. The third-order valence-electron chi connectivity index (χ3n) is 3.95. The van der Waals surface area contributed by atoms with Gasteiger partial charge in [0, 0.05) is 24.0 Å². The van der Waals surface area contributed by atoms with E-state index in [0.717, 1.165) is 25.9 Å². The molecule has 1 aromatic carbocycles. The van der Waals surface area contributed by atoms with Crippen molar-refractivity contribution in [3.05, 3.63) is 29.3 Å². The number of nitrogens with one attached hydrogen (secondary N) is 1. The number of aryl methyl sites for hydroxylation is 2. The Kier molecular flexibility index (Phi) is 7.57. The highest BCUT2D eigenvalue weighted by Gasteiger charge is 2.21. The summed E-state index contributed by atoms with van der Waals surface area (Å²) in [4.78, 5) is 15.5. The predicted molar refractivity (Wildman–Crippen MR) is 92.5 cm³/mol. The van der Waals surface area contributed by atoms with Crippen molar-refractivity contribution in [2.75, 3.05) is 25.9 Å². The van der Waals surface area contributed by atoms with Gasteiger partial charge in [0.05, 0.1) is 5.75 Å². The highest BCUT2D eigenvalue weighted by molar-refractivity contribution is 8.00. The summed E-state index contributed by atoms with van der Waals surface area (Å²) in [7, 11) is 2.00. The van der Waals surface area contributed by atoms with Crippen molar-refractivity contribution in [2.24, 2.45) is 0 Å². The summed E-state index contributed by atoms with van der Waals surface area (Å²) in [6, 6.07) is 6.98. The van der Waals surface area contributed by atoms with E-state index in [0.29, 0.717) is 11.8 Å². The maximum absolute atomic E-state index is 12.2. The number of carbonyl (C=O) groups is 1. The Balaban J connectivity index is 0.00000220. The lowest BCUT2D eigenvalue weighted by atomic mass is 10.1. The highest BCUT2D eigenvalue weighted by atomic mass is 35.5. The van der Waals surface area contributed by atoms with E-state index in [1.807, 2.05) is 11.9 Å². The SMILES string of the molecule is CNC1CCN(C(=O)CSc2cc(C)ccc2C)CC1.Cl. The lowest BCUT2D eigenvalue weighted by Gasteiger charge is -2.31. The molecule has 1 heterocycles. The number of piperidine rings is 1. The molecule has 1 aliphatic rings. The van der Waals surface area contributed by atoms with E-state index >= 15 is 0 Å². The van der Waals surface area contributed by atoms with Crippen LogP contribution in [0.25, 0.3) is 0 Å². The zero-order chi connectivity index (χ0) is 14.5. The third-order valence-corrected chi connectivity index (χ3v) is 5.09. The molecule has 0 aliphatic carbocycles. The molecule has 21 heavy (non-hydrogen) atoms. The summed E-state index contributed by atoms with van der Waals surface area (Å²) in [5.74, 6) is 0.819. The molecule has 118 valence electrons. The van der Waals surface area contributed by atoms with Crippen molar-refractivity contribution in [2.45, 2.75) is 37.6 Å². The fourth-order valence-electron chi connectivity index (χ4n) is 2.51. The van der Waals surface area contributed by atoms with E-state index in [9.17, 15) is 4.79 Å². The van der Waals surface area contributed by atoms with E-state index in [-0.39, 0.29) is 18.3 Å². The maximum atomic E-state index is 12.2. The topological polar surface area (TPSA) is 32.3 Å². The molecule has 1 saturated heterocycles. The molecule has 1 N–H and O–H groups in total. The minimum Gasteiger partial charge on any atom is -0.342 e. The van der Waals surface area contributed by atoms with Crippen LogP contribution in [0.2, 0.25) is 0 Å². The molecule has 1 aliphatic heterocycles. The second-order valence-electron chi connectivity index (χ2n) is 5.50. The lowest BCUT2D eigenvalue weighted by molar-refractivity contribution is -0.129. The van der Waals surface area contributed by atoms with Crippen LogP contribution in [0.5, 0.6) is 0 Å². The Hall–Kier alpha value is -0.710. The van der Waals surface area contributed by atoms with Crippen LogP contribution in [0.1, 0.15) is 24.0 Å². The molecule has 0 unspecified atom stereocenters. The fraction of sp³-hybridized carbons (Fsp3) is 0.562. The molecule has 0 radical (unpaired) electrons. The molecule has 0 spiro atoms. The van der Waals surface area contributed by atoms with E-state index in [2.05, 4.69) is 37.4 Å². The molecule has 0 saturated carbocycles. The first kappa shape index (κ1) is 18.3. The molecule has 0 bridgehead atoms. The quantitative estimate of drug-likeness (QED) is 0.862. The number of nitrogens with zero attached hydrogens (tertiary/aromatic N) is 1. The van der Waals surface area contributed by atoms with Gasteiger partial charge in [0.15, 0.2) is 0 Å². The average molecular weight is 329 g/mol. The number of thioether (sulfide) groups is 1. The Bertz CT molecular complexity index is 473. The van der Waals surface area contributed by atoms with Crippen LogP contribution in [-0.4, -0.2) is 42.7 Å². The van der Waals surface area contributed by atoms with E-state index in [1.54, 1.807) is 11.8 Å². The van der Waals surface area contributed by atoms with E-state index in [1.165, 1.54) is 16.0 Å². The standard InChI is InChI=1S/C16H24N2OS.ClH/c1-12-4-5-13(2)15(10-12)20-11-16(19)18-8-6-14(17-3)7-9-18;/h4-5,10,14,17H,6-9,11H2,1-3H3;1H. The number of carbonyl (C=O) groups excluding carboxylic acids is 1. The molecule has 0 atom stereocenters. The zero-order valence-electron chi connectivity index (χ0n) is 13.0. The molecular weight excluding hydrogens is 304 g/mol. The Morgan fingerprint density at radius 3 is 2.62 bits per heavy atom. The van der Waals surface area contributed by atoms with Gasteiger partial charge in [0.25, 0.3) is 0 Å². The van der Waals surface area contributed by atoms with Gasteiger partial charge >= 0.3 is 0 Å². The second kappa shape index (κ2) is 8.66. The van der Waals surface area contributed by atoms with Crippen LogP contribution in [0.15, 0.2) is 23.1 Å². The number of amides is 1. The maximum Gasteiger partial charge on any atom is 0.232 e. The van der Waals surface area contributed by atoms with Crippen molar-refractivity contribution >= 4 is 30.1 Å². The van der Waals surface area contributed by atoms with Crippen LogP contribution in [-0.2, 0) is 4.79 Å². The minimum atomic E-state index is 0. The smallest absolute Gasteiger partial charge is 0.232 e. The van der Waals surface area contributed by atoms with Gasteiger partial charge in [-0.3, -0.25) is 4.79 Å². The first-order valence-electron chi connectivity index (χ1n) is 7.25. The monoisotopic (exact) mass is 328 g/mol. The number of halogens is 1. The number of hydrogen-bond donors (Lipinski definition) is 1. The van der Waals surface area contributed by atoms with Gasteiger partial charge < -0.3 is 10.2 Å². The number of rotatable bonds is 4. The Labute approximate surface area is 138 Å². The molecule has 1 fully saturated rings. The Morgan fingerprint density at radius 1 is 1.33 bits per heavy atom. The molecule has 2 rings (SSSR count). The van der Waals surface area contributed by atoms with Crippen molar-refractivity contribution in [3.63, 3.8) is 0 Å². The summed E-state index contributed by atoms with van der Waals surface area (Å²) in [5, 5.41) is 3.29. The van der Waals surface area contributed by atoms with Gasteiger partial charge in [-0.15, -0.1) is 24.2 Å². The molecule has 5 heteroatoms. The first-order chi connectivity index (χ1) is 9.60. The van der Waals surface area contributed by atoms with Crippen LogP contribution in [0.3, 0.4) is 0 Å². The van der Waals surface area contributed by atoms with Gasteiger partial charge in [-0.1, -0.05) is 17.7 Å². The van der Waals surface area contributed by atoms with Crippen LogP contribution < -0.4 is 5.32 Å². The lowest BCUT2D eigenvalue weighted by Crippen LogP contribution is -2.44. The summed E-state index contributed by atoms with van der Waals surface area (Å²) in [6.07, 6.45) is 2.13. The summed E-state index contributed by atoms with van der Waals surface area (Å²) in [6.45, 7) is 5.97. The molecule has 0 aromatic heterocycles. The number of benzene rings is 1. The highest BCUT2D eigenvalue weighted by Crippen LogP contribution is 2.24. The summed E-state index contributed by atoms with van der Waals surface area (Å²) < 4.78 is 0. The molecular formula is C16H25ClN2OS.